The molecular weight excluding hydrogens is 269 g/mol. The lowest BCUT2D eigenvalue weighted by Crippen LogP contribution is -2.38. The van der Waals surface area contributed by atoms with E-state index < -0.39 is 0 Å². The zero-order valence-corrected chi connectivity index (χ0v) is 12.7. The lowest BCUT2D eigenvalue weighted by Gasteiger charge is -2.28. The van der Waals surface area contributed by atoms with Gasteiger partial charge in [-0.1, -0.05) is 29.3 Å². The molecule has 0 amide bonds. The Labute approximate surface area is 119 Å². The van der Waals surface area contributed by atoms with E-state index in [1.165, 1.54) is 0 Å². The molecule has 1 aliphatic rings. The van der Waals surface area contributed by atoms with E-state index in [0.29, 0.717) is 10.0 Å². The first-order valence-corrected chi connectivity index (χ1v) is 6.88. The Hall–Kier alpha value is -0.440. The Morgan fingerprint density at radius 1 is 1.22 bits per heavy atom. The fourth-order valence-electron chi connectivity index (χ4n) is 2.59. The zero-order valence-electron chi connectivity index (χ0n) is 11.2. The molecule has 18 heavy (non-hydrogen) atoms. The third-order valence-electron chi connectivity index (χ3n) is 3.36. The van der Waals surface area contributed by atoms with E-state index in [0.717, 1.165) is 12.1 Å². The molecule has 1 N–H and O–H groups in total. The van der Waals surface area contributed by atoms with Gasteiger partial charge in [0.2, 0.25) is 0 Å². The van der Waals surface area contributed by atoms with Gasteiger partial charge in [-0.05, 0) is 46.2 Å². The topological polar surface area (TPSA) is 21.3 Å². The van der Waals surface area contributed by atoms with E-state index in [4.69, 9.17) is 27.9 Å². The number of halogens is 2. The molecule has 100 valence electrons. The van der Waals surface area contributed by atoms with Crippen LogP contribution in [0.3, 0.4) is 0 Å². The first-order valence-electron chi connectivity index (χ1n) is 6.12. The van der Waals surface area contributed by atoms with Crippen molar-refractivity contribution in [3.05, 3.63) is 28.2 Å². The summed E-state index contributed by atoms with van der Waals surface area (Å²) >= 11 is 12.2. The fourth-order valence-corrected chi connectivity index (χ4v) is 2.95. The van der Waals surface area contributed by atoms with Gasteiger partial charge in [-0.3, -0.25) is 0 Å². The third-order valence-corrected chi connectivity index (χ3v) is 4.17. The normalized spacial score (nSPS) is 25.1. The van der Waals surface area contributed by atoms with E-state index >= 15 is 0 Å². The van der Waals surface area contributed by atoms with Crippen LogP contribution < -0.4 is 5.32 Å². The maximum Gasteiger partial charge on any atom is 0.0834 e. The fraction of sp³-hybridized carbons (Fsp3) is 0.571. The number of nitrogens with one attached hydrogen (secondary N) is 1. The molecule has 0 bridgehead atoms. The van der Waals surface area contributed by atoms with Crippen molar-refractivity contribution in [3.8, 4) is 0 Å². The van der Waals surface area contributed by atoms with Gasteiger partial charge in [0.05, 0.1) is 33.0 Å². The minimum absolute atomic E-state index is 0.119. The molecule has 4 heteroatoms. The van der Waals surface area contributed by atoms with Crippen molar-refractivity contribution in [2.75, 3.05) is 5.32 Å². The summed E-state index contributed by atoms with van der Waals surface area (Å²) in [4.78, 5) is 0. The molecule has 0 saturated carbocycles. The molecule has 1 saturated heterocycles. The highest BCUT2D eigenvalue weighted by Gasteiger charge is 2.45. The summed E-state index contributed by atoms with van der Waals surface area (Å²) in [6, 6.07) is 5.83. The second-order valence-corrected chi connectivity index (χ2v) is 6.75. The second-order valence-electron chi connectivity index (χ2n) is 5.97. The SMILES string of the molecule is CC1(C)CC(Nc2cccc(Cl)c2Cl)C(C)(C)O1. The summed E-state index contributed by atoms with van der Waals surface area (Å²) in [5.74, 6) is 0. The van der Waals surface area contributed by atoms with Crippen LogP contribution >= 0.6 is 23.2 Å². The molecule has 0 spiro atoms. The number of hydrogen-bond donors (Lipinski definition) is 1. The Morgan fingerprint density at radius 2 is 1.89 bits per heavy atom. The van der Waals surface area contributed by atoms with Crippen LogP contribution in [-0.2, 0) is 4.74 Å². The molecule has 2 nitrogen and oxygen atoms in total. The lowest BCUT2D eigenvalue weighted by molar-refractivity contribution is -0.0662. The monoisotopic (exact) mass is 287 g/mol. The molecule has 0 aromatic heterocycles. The van der Waals surface area contributed by atoms with Crippen molar-refractivity contribution in [3.63, 3.8) is 0 Å². The van der Waals surface area contributed by atoms with E-state index in [-0.39, 0.29) is 17.2 Å². The van der Waals surface area contributed by atoms with E-state index in [1.54, 1.807) is 6.07 Å². The Balaban J connectivity index is 2.22. The second kappa shape index (κ2) is 4.59. The number of ether oxygens (including phenoxy) is 1. The van der Waals surface area contributed by atoms with Gasteiger partial charge in [0.15, 0.2) is 0 Å². The number of hydrogen-bond acceptors (Lipinski definition) is 2. The molecule has 1 aromatic rings. The molecule has 1 fully saturated rings. The summed E-state index contributed by atoms with van der Waals surface area (Å²) in [6.07, 6.45) is 0.933. The van der Waals surface area contributed by atoms with Crippen LogP contribution in [0.15, 0.2) is 18.2 Å². The summed E-state index contributed by atoms with van der Waals surface area (Å²) in [7, 11) is 0. The quantitative estimate of drug-likeness (QED) is 0.847. The lowest BCUT2D eigenvalue weighted by atomic mass is 9.94. The maximum absolute atomic E-state index is 6.20. The largest absolute Gasteiger partial charge is 0.378 e. The Bertz CT molecular complexity index is 457. The molecule has 1 heterocycles. The minimum atomic E-state index is -0.227. The van der Waals surface area contributed by atoms with Crippen LogP contribution in [-0.4, -0.2) is 17.2 Å². The van der Waals surface area contributed by atoms with E-state index in [9.17, 15) is 0 Å². The van der Waals surface area contributed by atoms with Gasteiger partial charge in [0.25, 0.3) is 0 Å². The predicted molar refractivity (Wildman–Crippen MR) is 77.7 cm³/mol. The van der Waals surface area contributed by atoms with Crippen LogP contribution in [0.5, 0.6) is 0 Å². The molecule has 1 atom stereocenters. The highest BCUT2D eigenvalue weighted by atomic mass is 35.5. The Kier molecular flexibility index (Phi) is 3.56. The van der Waals surface area contributed by atoms with Crippen LogP contribution in [0.25, 0.3) is 0 Å². The van der Waals surface area contributed by atoms with Crippen LogP contribution in [0.2, 0.25) is 10.0 Å². The number of anilines is 1. The van der Waals surface area contributed by atoms with Crippen molar-refractivity contribution >= 4 is 28.9 Å². The van der Waals surface area contributed by atoms with Gasteiger partial charge in [-0.25, -0.2) is 0 Å². The van der Waals surface area contributed by atoms with Crippen LogP contribution in [0, 0.1) is 0 Å². The van der Waals surface area contributed by atoms with E-state index in [1.807, 2.05) is 12.1 Å². The van der Waals surface area contributed by atoms with Gasteiger partial charge in [0, 0.05) is 0 Å². The molecule has 1 unspecified atom stereocenters. The third kappa shape index (κ3) is 2.76. The summed E-state index contributed by atoms with van der Waals surface area (Å²) in [5.41, 5.74) is 0.519. The van der Waals surface area contributed by atoms with Crippen LogP contribution in [0.1, 0.15) is 34.1 Å². The van der Waals surface area contributed by atoms with Crippen molar-refractivity contribution in [1.82, 2.24) is 0 Å². The average Bonchev–Trinajstić information content (AvgIpc) is 2.42. The Morgan fingerprint density at radius 3 is 2.44 bits per heavy atom. The van der Waals surface area contributed by atoms with Crippen molar-refractivity contribution in [1.29, 1.82) is 0 Å². The van der Waals surface area contributed by atoms with Crippen molar-refractivity contribution < 1.29 is 4.74 Å². The molecule has 0 radical (unpaired) electrons. The van der Waals surface area contributed by atoms with Gasteiger partial charge >= 0.3 is 0 Å². The zero-order chi connectivity index (χ0) is 13.6. The van der Waals surface area contributed by atoms with Crippen molar-refractivity contribution in [2.45, 2.75) is 51.4 Å². The number of benzene rings is 1. The highest BCUT2D eigenvalue weighted by molar-refractivity contribution is 6.43. The summed E-state index contributed by atoms with van der Waals surface area (Å²) < 4.78 is 6.05. The molecule has 0 aliphatic carbocycles. The summed E-state index contributed by atoms with van der Waals surface area (Å²) in [6.45, 7) is 8.40. The van der Waals surface area contributed by atoms with E-state index in [2.05, 4.69) is 33.0 Å². The minimum Gasteiger partial charge on any atom is -0.378 e. The summed E-state index contributed by atoms with van der Waals surface area (Å²) in [5, 5.41) is 4.59. The van der Waals surface area contributed by atoms with Gasteiger partial charge in [-0.15, -0.1) is 0 Å². The average molecular weight is 288 g/mol. The molecule has 1 aromatic carbocycles. The molecule has 1 aliphatic heterocycles. The van der Waals surface area contributed by atoms with Crippen LogP contribution in [0.4, 0.5) is 5.69 Å². The molecule has 2 rings (SSSR count). The highest BCUT2D eigenvalue weighted by Crippen LogP contribution is 2.40. The van der Waals surface area contributed by atoms with Crippen molar-refractivity contribution in [2.24, 2.45) is 0 Å². The van der Waals surface area contributed by atoms with Gasteiger partial charge in [-0.2, -0.15) is 0 Å². The number of rotatable bonds is 2. The standard InChI is InChI=1S/C14H19Cl2NO/c1-13(2)8-11(14(3,4)18-13)17-10-7-5-6-9(15)12(10)16/h5-7,11,17H,8H2,1-4H3. The maximum atomic E-state index is 6.20. The first kappa shape index (κ1) is 14.0. The van der Waals surface area contributed by atoms with Gasteiger partial charge in [0.1, 0.15) is 0 Å². The van der Waals surface area contributed by atoms with Gasteiger partial charge < -0.3 is 10.1 Å². The first-order chi connectivity index (χ1) is 8.21. The molecular formula is C14H19Cl2NO. The smallest absolute Gasteiger partial charge is 0.0834 e. The predicted octanol–water partition coefficient (Wildman–Crippen LogP) is 4.75.